The van der Waals surface area contributed by atoms with E-state index in [2.05, 4.69) is 42.8 Å². The van der Waals surface area contributed by atoms with Crippen molar-refractivity contribution in [1.29, 1.82) is 0 Å². The van der Waals surface area contributed by atoms with Gasteiger partial charge in [-0.05, 0) is 18.2 Å². The number of fused-ring (bicyclic) bond motifs is 3. The van der Waals surface area contributed by atoms with Crippen molar-refractivity contribution in [1.82, 2.24) is 0 Å². The van der Waals surface area contributed by atoms with Gasteiger partial charge >= 0.3 is 5.51 Å². The lowest BCUT2D eigenvalue weighted by atomic mass is 10.1. The summed E-state index contributed by atoms with van der Waals surface area (Å²) in [5.41, 5.74) is -3.69. The Bertz CT molecular complexity index is 960. The summed E-state index contributed by atoms with van der Waals surface area (Å²) in [6.45, 7) is 0. The van der Waals surface area contributed by atoms with Gasteiger partial charge < -0.3 is 8.97 Å². The maximum atomic E-state index is 10.7. The molecular weight excluding hydrogens is 365 g/mol. The first kappa shape index (κ1) is 18.6. The van der Waals surface area contributed by atoms with E-state index >= 15 is 0 Å². The summed E-state index contributed by atoms with van der Waals surface area (Å²) in [4.78, 5) is 1.39. The van der Waals surface area contributed by atoms with Crippen LogP contribution in [0.3, 0.4) is 0 Å². The van der Waals surface area contributed by atoms with Gasteiger partial charge in [-0.15, -0.1) is 0 Å². The van der Waals surface area contributed by atoms with Crippen LogP contribution in [0.4, 0.5) is 13.2 Å². The quantitative estimate of drug-likeness (QED) is 0.366. The van der Waals surface area contributed by atoms with E-state index in [4.69, 9.17) is 17.4 Å². The predicted octanol–water partition coefficient (Wildman–Crippen LogP) is 3.87. The second kappa shape index (κ2) is 6.66. The first-order valence-electron chi connectivity index (χ1n) is 6.52. The second-order valence-electron chi connectivity index (χ2n) is 4.97. The van der Waals surface area contributed by atoms with Crippen molar-refractivity contribution in [2.75, 3.05) is 12.5 Å². The molecule has 0 bridgehead atoms. The van der Waals surface area contributed by atoms with Gasteiger partial charge in [0, 0.05) is 27.7 Å². The van der Waals surface area contributed by atoms with Gasteiger partial charge in [0.15, 0.2) is 15.0 Å². The summed E-state index contributed by atoms with van der Waals surface area (Å²) in [7, 11) is -5.79. The molecule has 9 heteroatoms. The molecule has 1 heterocycles. The number of hydrogen-bond acceptors (Lipinski definition) is 4. The first-order chi connectivity index (χ1) is 11.0. The van der Waals surface area contributed by atoms with Crippen molar-refractivity contribution in [2.45, 2.75) is 10.4 Å². The summed E-state index contributed by atoms with van der Waals surface area (Å²) >= 11 is 0. The third-order valence-corrected chi connectivity index (χ3v) is 4.87. The Morgan fingerprint density at radius 3 is 2.08 bits per heavy atom. The van der Waals surface area contributed by atoms with Crippen molar-refractivity contribution in [3.05, 3.63) is 42.5 Å². The second-order valence-corrected chi connectivity index (χ2v) is 8.45. The van der Waals surface area contributed by atoms with E-state index in [0.717, 1.165) is 11.2 Å². The molecule has 0 radical (unpaired) electrons. The van der Waals surface area contributed by atoms with Gasteiger partial charge in [-0.3, -0.25) is 0 Å². The molecule has 0 saturated heterocycles. The molecule has 0 saturated carbocycles. The minimum atomic E-state index is -6.09. The molecule has 0 unspecified atom stereocenters. The smallest absolute Gasteiger partial charge is 0.485 e. The van der Waals surface area contributed by atoms with Gasteiger partial charge in [0.05, 0.1) is 0 Å². The van der Waals surface area contributed by atoms with Crippen LogP contribution in [0.2, 0.25) is 0 Å². The van der Waals surface area contributed by atoms with Crippen molar-refractivity contribution < 1.29 is 30.6 Å². The fourth-order valence-corrected chi connectivity index (χ4v) is 2.65. The molecule has 0 N–H and O–H groups in total. The van der Waals surface area contributed by atoms with Crippen molar-refractivity contribution in [2.24, 2.45) is 0 Å². The van der Waals surface area contributed by atoms with Gasteiger partial charge in [0.2, 0.25) is 0 Å². The highest BCUT2D eigenvalue weighted by molar-refractivity contribution is 7.95. The fraction of sp³-hybridized carbons (Fsp3) is 0.200. The predicted molar refractivity (Wildman–Crippen MR) is 87.0 cm³/mol. The molecule has 24 heavy (non-hydrogen) atoms. The van der Waals surface area contributed by atoms with Gasteiger partial charge in [-0.1, -0.05) is 18.2 Å². The molecule has 0 spiro atoms. The van der Waals surface area contributed by atoms with Crippen molar-refractivity contribution >= 4 is 43.0 Å². The third kappa shape index (κ3) is 4.03. The summed E-state index contributed by atoms with van der Waals surface area (Å²) in [5.74, 6) is 0. The van der Waals surface area contributed by atoms with E-state index < -0.39 is 15.6 Å². The zero-order chi connectivity index (χ0) is 18.1. The third-order valence-electron chi connectivity index (χ3n) is 3.10. The molecule has 3 aromatic rings. The molecule has 0 fully saturated rings. The van der Waals surface area contributed by atoms with E-state index in [1.165, 1.54) is 15.7 Å². The highest BCUT2D eigenvalue weighted by atomic mass is 32.2. The molecule has 4 nitrogen and oxygen atoms in total. The Balaban J connectivity index is 0.000000224. The van der Waals surface area contributed by atoms with Gasteiger partial charge in [-0.25, -0.2) is 8.42 Å². The minimum Gasteiger partial charge on any atom is -0.741 e. The van der Waals surface area contributed by atoms with Crippen molar-refractivity contribution in [3.8, 4) is 0 Å². The van der Waals surface area contributed by atoms with E-state index in [1.807, 2.05) is 12.1 Å². The highest BCUT2D eigenvalue weighted by Gasteiger charge is 2.36. The van der Waals surface area contributed by atoms with Crippen LogP contribution in [-0.4, -0.2) is 31.0 Å². The standard InChI is InChI=1S/C14H13OS.CHF3O3S/c1-16(2)10-7-8-14-12(9-10)11-5-3-4-6-13(11)15-14;2-1(3,4)8(5,6)7/h3-9H,1-2H3;(H,5,6,7)/q+1;/p-1. The first-order valence-corrected chi connectivity index (χ1v) is 9.96. The maximum absolute atomic E-state index is 10.7. The monoisotopic (exact) mass is 378 g/mol. The molecular formula is C15H13F3O4S2. The molecule has 0 aliphatic heterocycles. The van der Waals surface area contributed by atoms with Crippen LogP contribution in [0.5, 0.6) is 0 Å². The van der Waals surface area contributed by atoms with Crippen LogP contribution in [0, 0.1) is 0 Å². The number of hydrogen-bond donors (Lipinski definition) is 0. The summed E-state index contributed by atoms with van der Waals surface area (Å²) in [6, 6.07) is 14.7. The Hall–Kier alpha value is -1.71. The highest BCUT2D eigenvalue weighted by Crippen LogP contribution is 2.30. The number of rotatable bonds is 1. The Labute approximate surface area is 139 Å². The molecule has 130 valence electrons. The largest absolute Gasteiger partial charge is 0.741 e. The molecule has 0 aliphatic rings. The van der Waals surface area contributed by atoms with Crippen LogP contribution in [0.25, 0.3) is 21.9 Å². The van der Waals surface area contributed by atoms with E-state index in [0.29, 0.717) is 10.9 Å². The van der Waals surface area contributed by atoms with Gasteiger partial charge in [0.25, 0.3) is 0 Å². The zero-order valence-electron chi connectivity index (χ0n) is 12.6. The SMILES string of the molecule is C[S+](C)c1ccc2oc3ccccc3c2c1.O=S(=O)([O-])C(F)(F)F. The Morgan fingerprint density at radius 2 is 1.54 bits per heavy atom. The summed E-state index contributed by atoms with van der Waals surface area (Å²) in [5, 5.41) is 2.44. The van der Waals surface area contributed by atoms with E-state index in [9.17, 15) is 13.2 Å². The van der Waals surface area contributed by atoms with E-state index in [-0.39, 0.29) is 0 Å². The number of para-hydroxylation sites is 1. The average molecular weight is 378 g/mol. The van der Waals surface area contributed by atoms with Gasteiger partial charge in [-0.2, -0.15) is 13.2 Å². The average Bonchev–Trinajstić information content (AvgIpc) is 2.83. The molecule has 2 aromatic carbocycles. The lowest BCUT2D eigenvalue weighted by molar-refractivity contribution is -0.0517. The van der Waals surface area contributed by atoms with Gasteiger partial charge in [0.1, 0.15) is 23.7 Å². The Morgan fingerprint density at radius 1 is 1.00 bits per heavy atom. The molecule has 0 amide bonds. The van der Waals surface area contributed by atoms with Crippen LogP contribution >= 0.6 is 0 Å². The molecule has 0 atom stereocenters. The molecule has 3 rings (SSSR count). The van der Waals surface area contributed by atoms with Crippen LogP contribution in [0.1, 0.15) is 0 Å². The Kier molecular flexibility index (Phi) is 5.17. The van der Waals surface area contributed by atoms with Crippen LogP contribution < -0.4 is 0 Å². The number of alkyl halides is 3. The summed E-state index contributed by atoms with van der Waals surface area (Å²) < 4.78 is 64.7. The lowest BCUT2D eigenvalue weighted by Gasteiger charge is -2.08. The lowest BCUT2D eigenvalue weighted by Crippen LogP contribution is -2.21. The maximum Gasteiger partial charge on any atom is 0.485 e. The minimum absolute atomic E-state index is 0.296. The zero-order valence-corrected chi connectivity index (χ0v) is 14.3. The van der Waals surface area contributed by atoms with Crippen molar-refractivity contribution in [3.63, 3.8) is 0 Å². The van der Waals surface area contributed by atoms with Crippen LogP contribution in [-0.2, 0) is 21.0 Å². The molecule has 1 aromatic heterocycles. The topological polar surface area (TPSA) is 70.3 Å². The molecule has 0 aliphatic carbocycles. The number of halogens is 3. The van der Waals surface area contributed by atoms with Crippen LogP contribution in [0.15, 0.2) is 51.8 Å². The number of benzene rings is 2. The normalized spacial score (nSPS) is 12.5. The fourth-order valence-electron chi connectivity index (χ4n) is 1.96. The summed E-state index contributed by atoms with van der Waals surface area (Å²) in [6.07, 6.45) is 4.48. The number of furan rings is 1. The van der Waals surface area contributed by atoms with E-state index in [1.54, 1.807) is 0 Å².